The van der Waals surface area contributed by atoms with Crippen molar-refractivity contribution in [2.24, 2.45) is 0 Å². The van der Waals surface area contributed by atoms with Gasteiger partial charge in [-0.2, -0.15) is 0 Å². The molecule has 0 spiro atoms. The third kappa shape index (κ3) is 3.95. The molecule has 8 heteroatoms. The van der Waals surface area contributed by atoms with Crippen molar-refractivity contribution < 1.29 is 19.8 Å². The molecule has 0 unspecified atom stereocenters. The molecular formula is C19H17N3O5. The van der Waals surface area contributed by atoms with Crippen LogP contribution in [-0.2, 0) is 17.8 Å². The quantitative estimate of drug-likeness (QED) is 0.601. The highest BCUT2D eigenvalue weighted by Gasteiger charge is 2.19. The van der Waals surface area contributed by atoms with Gasteiger partial charge in [0, 0.05) is 24.3 Å². The molecule has 3 N–H and O–H groups in total. The second-order valence-electron chi connectivity index (χ2n) is 5.91. The number of nitrogens with one attached hydrogen (secondary N) is 1. The molecule has 0 atom stereocenters. The van der Waals surface area contributed by atoms with Gasteiger partial charge in [0.05, 0.1) is 5.39 Å². The molecule has 27 heavy (non-hydrogen) atoms. The van der Waals surface area contributed by atoms with Crippen LogP contribution in [0.3, 0.4) is 0 Å². The van der Waals surface area contributed by atoms with Crippen LogP contribution in [0.5, 0.6) is 5.75 Å². The lowest BCUT2D eigenvalue weighted by molar-refractivity contribution is -0.135. The van der Waals surface area contributed by atoms with Crippen molar-refractivity contribution in [3.8, 4) is 5.75 Å². The highest BCUT2D eigenvalue weighted by Crippen LogP contribution is 2.23. The molecular weight excluding hydrogens is 350 g/mol. The van der Waals surface area contributed by atoms with E-state index in [4.69, 9.17) is 5.11 Å². The topological polar surface area (TPSA) is 122 Å². The molecule has 138 valence electrons. The number of carbonyl (C=O) groups excluding carboxylic acids is 1. The van der Waals surface area contributed by atoms with Crippen molar-refractivity contribution in [2.45, 2.75) is 13.0 Å². The van der Waals surface area contributed by atoms with Gasteiger partial charge < -0.3 is 20.1 Å². The summed E-state index contributed by atoms with van der Waals surface area (Å²) in [7, 11) is 0. The number of benzene rings is 1. The Morgan fingerprint density at radius 1 is 1.15 bits per heavy atom. The zero-order valence-corrected chi connectivity index (χ0v) is 14.3. The SMILES string of the molecule is O=C(O)CNC(=O)c1ncc2ccn(CCc3ccccc3)c(=O)c2c1O. The lowest BCUT2D eigenvalue weighted by Gasteiger charge is -2.10. The number of amides is 1. The van der Waals surface area contributed by atoms with Crippen LogP contribution in [0.15, 0.2) is 53.6 Å². The van der Waals surface area contributed by atoms with Crippen molar-refractivity contribution in [1.82, 2.24) is 14.9 Å². The Kier molecular flexibility index (Phi) is 5.16. The standard InChI is InChI=1S/C19H17N3O5/c23-14(24)11-21-18(26)16-17(25)15-13(10-20-16)7-9-22(19(15)27)8-6-12-4-2-1-3-5-12/h1-5,7,9-10,25H,6,8,11H2,(H,21,26)(H,23,24). The molecule has 0 aliphatic heterocycles. The summed E-state index contributed by atoms with van der Waals surface area (Å²) in [6, 6.07) is 11.3. The summed E-state index contributed by atoms with van der Waals surface area (Å²) in [5.41, 5.74) is 0.231. The lowest BCUT2D eigenvalue weighted by atomic mass is 10.1. The van der Waals surface area contributed by atoms with Crippen molar-refractivity contribution in [3.05, 3.63) is 70.4 Å². The number of aromatic nitrogens is 2. The average molecular weight is 367 g/mol. The molecule has 2 aromatic heterocycles. The Morgan fingerprint density at radius 2 is 1.89 bits per heavy atom. The van der Waals surface area contributed by atoms with Crippen LogP contribution in [-0.4, -0.2) is 38.2 Å². The van der Waals surface area contributed by atoms with Gasteiger partial charge in [0.1, 0.15) is 6.54 Å². The molecule has 0 saturated carbocycles. The Hall–Kier alpha value is -3.68. The maximum atomic E-state index is 12.8. The Morgan fingerprint density at radius 3 is 2.59 bits per heavy atom. The van der Waals surface area contributed by atoms with Gasteiger partial charge in [-0.25, -0.2) is 4.98 Å². The van der Waals surface area contributed by atoms with Crippen LogP contribution >= 0.6 is 0 Å². The first kappa shape index (κ1) is 18.1. The van der Waals surface area contributed by atoms with Crippen molar-refractivity contribution in [1.29, 1.82) is 0 Å². The molecule has 3 rings (SSSR count). The zero-order chi connectivity index (χ0) is 19.4. The number of carboxylic acid groups (broad SMARTS) is 1. The number of carbonyl (C=O) groups is 2. The third-order valence-corrected chi connectivity index (χ3v) is 4.09. The molecule has 3 aromatic rings. The fourth-order valence-corrected chi connectivity index (χ4v) is 2.72. The highest BCUT2D eigenvalue weighted by molar-refractivity contribution is 6.01. The molecule has 0 radical (unpaired) electrons. The summed E-state index contributed by atoms with van der Waals surface area (Å²) in [4.78, 5) is 39.2. The summed E-state index contributed by atoms with van der Waals surface area (Å²) in [5.74, 6) is -2.66. The molecule has 8 nitrogen and oxygen atoms in total. The minimum absolute atomic E-state index is 0.0268. The highest BCUT2D eigenvalue weighted by atomic mass is 16.4. The number of pyridine rings is 2. The molecule has 0 aliphatic rings. The summed E-state index contributed by atoms with van der Waals surface area (Å²) < 4.78 is 1.45. The van der Waals surface area contributed by atoms with E-state index in [1.165, 1.54) is 10.8 Å². The van der Waals surface area contributed by atoms with E-state index in [0.717, 1.165) is 5.56 Å². The van der Waals surface area contributed by atoms with Crippen molar-refractivity contribution >= 4 is 22.6 Å². The predicted molar refractivity (Wildman–Crippen MR) is 97.8 cm³/mol. The maximum Gasteiger partial charge on any atom is 0.322 e. The molecule has 0 aliphatic carbocycles. The summed E-state index contributed by atoms with van der Waals surface area (Å²) in [6.45, 7) is -0.213. The van der Waals surface area contributed by atoms with Crippen LogP contribution < -0.4 is 10.9 Å². The van der Waals surface area contributed by atoms with Gasteiger partial charge in [-0.05, 0) is 18.1 Å². The first-order valence-corrected chi connectivity index (χ1v) is 8.22. The zero-order valence-electron chi connectivity index (χ0n) is 14.3. The Balaban J connectivity index is 1.93. The van der Waals surface area contributed by atoms with Gasteiger partial charge in [0.25, 0.3) is 11.5 Å². The van der Waals surface area contributed by atoms with E-state index in [-0.39, 0.29) is 11.1 Å². The van der Waals surface area contributed by atoms with E-state index in [1.54, 1.807) is 12.3 Å². The Bertz CT molecular complexity index is 1060. The predicted octanol–water partition coefficient (Wildman–Crippen LogP) is 1.16. The lowest BCUT2D eigenvalue weighted by Crippen LogP contribution is -2.30. The normalized spacial score (nSPS) is 10.7. The largest absolute Gasteiger partial charge is 0.505 e. The van der Waals surface area contributed by atoms with Gasteiger partial charge in [-0.15, -0.1) is 0 Å². The van der Waals surface area contributed by atoms with Crippen LogP contribution in [0.4, 0.5) is 0 Å². The minimum atomic E-state index is -1.23. The molecule has 1 aromatic carbocycles. The first-order chi connectivity index (χ1) is 13.0. The van der Waals surface area contributed by atoms with Crippen LogP contribution in [0.25, 0.3) is 10.8 Å². The number of rotatable bonds is 6. The molecule has 0 fully saturated rings. The van der Waals surface area contributed by atoms with Gasteiger partial charge in [0.15, 0.2) is 11.4 Å². The van der Waals surface area contributed by atoms with Crippen molar-refractivity contribution in [3.63, 3.8) is 0 Å². The molecule has 0 saturated heterocycles. The second kappa shape index (κ2) is 7.69. The van der Waals surface area contributed by atoms with E-state index >= 15 is 0 Å². The molecule has 0 bridgehead atoms. The van der Waals surface area contributed by atoms with E-state index in [9.17, 15) is 19.5 Å². The fourth-order valence-electron chi connectivity index (χ4n) is 2.72. The van der Waals surface area contributed by atoms with Gasteiger partial charge >= 0.3 is 5.97 Å². The number of carboxylic acids is 1. The summed E-state index contributed by atoms with van der Waals surface area (Å²) in [6.07, 6.45) is 3.54. The number of nitrogens with zero attached hydrogens (tertiary/aromatic N) is 2. The number of aromatic hydroxyl groups is 1. The number of hydrogen-bond donors (Lipinski definition) is 3. The van der Waals surface area contributed by atoms with E-state index in [1.807, 2.05) is 30.3 Å². The van der Waals surface area contributed by atoms with Gasteiger partial charge in [-0.3, -0.25) is 14.4 Å². The van der Waals surface area contributed by atoms with E-state index < -0.39 is 29.7 Å². The van der Waals surface area contributed by atoms with E-state index in [0.29, 0.717) is 18.4 Å². The van der Waals surface area contributed by atoms with Crippen molar-refractivity contribution in [2.75, 3.05) is 6.54 Å². The number of aliphatic carboxylic acids is 1. The molecule has 1 amide bonds. The summed E-state index contributed by atoms with van der Waals surface area (Å²) in [5, 5.41) is 21.5. The summed E-state index contributed by atoms with van der Waals surface area (Å²) >= 11 is 0. The minimum Gasteiger partial charge on any atom is -0.505 e. The first-order valence-electron chi connectivity index (χ1n) is 8.22. The molecule has 2 heterocycles. The van der Waals surface area contributed by atoms with Crippen LogP contribution in [0, 0.1) is 0 Å². The monoisotopic (exact) mass is 367 g/mol. The number of fused-ring (bicyclic) bond motifs is 1. The van der Waals surface area contributed by atoms with Gasteiger partial charge in [0.2, 0.25) is 0 Å². The maximum absolute atomic E-state index is 12.8. The smallest absolute Gasteiger partial charge is 0.322 e. The fraction of sp³-hybridized carbons (Fsp3) is 0.158. The van der Waals surface area contributed by atoms with E-state index in [2.05, 4.69) is 10.3 Å². The number of hydrogen-bond acceptors (Lipinski definition) is 5. The van der Waals surface area contributed by atoms with Crippen LogP contribution in [0.2, 0.25) is 0 Å². The third-order valence-electron chi connectivity index (χ3n) is 4.09. The van der Waals surface area contributed by atoms with Gasteiger partial charge in [-0.1, -0.05) is 30.3 Å². The Labute approximate surface area is 153 Å². The van der Waals surface area contributed by atoms with Crippen LogP contribution in [0.1, 0.15) is 16.1 Å². The second-order valence-corrected chi connectivity index (χ2v) is 5.91. The average Bonchev–Trinajstić information content (AvgIpc) is 2.66. The number of aryl methyl sites for hydroxylation is 2.